The number of rotatable bonds is 17. The van der Waals surface area contributed by atoms with Crippen molar-refractivity contribution < 1.29 is 4.74 Å². The summed E-state index contributed by atoms with van der Waals surface area (Å²) < 4.78 is 5.79. The van der Waals surface area contributed by atoms with Gasteiger partial charge in [-0.2, -0.15) is 0 Å². The lowest BCUT2D eigenvalue weighted by molar-refractivity contribution is 0.116. The van der Waals surface area contributed by atoms with Crippen molar-refractivity contribution >= 4 is 0 Å². The average Bonchev–Trinajstić information content (AvgIpc) is 2.48. The number of hydrogen-bond acceptors (Lipinski definition) is 1. The Bertz CT molecular complexity index is 200. The fourth-order valence-electron chi connectivity index (χ4n) is 2.92. The third-order valence-corrected chi connectivity index (χ3v) is 4.63. The predicted octanol–water partition coefficient (Wildman–Crippen LogP) is 7.39. The van der Waals surface area contributed by atoms with Crippen LogP contribution in [0, 0.1) is 11.8 Å². The zero-order valence-electron chi connectivity index (χ0n) is 16.2. The molecule has 0 spiro atoms. The highest BCUT2D eigenvalue weighted by molar-refractivity contribution is 4.55. The fourth-order valence-corrected chi connectivity index (χ4v) is 2.92. The van der Waals surface area contributed by atoms with Crippen molar-refractivity contribution in [1.82, 2.24) is 0 Å². The van der Waals surface area contributed by atoms with Crippen molar-refractivity contribution in [3.8, 4) is 0 Å². The molecule has 0 aromatic carbocycles. The van der Waals surface area contributed by atoms with Gasteiger partial charge in [0.1, 0.15) is 0 Å². The average molecular weight is 313 g/mol. The van der Waals surface area contributed by atoms with Crippen LogP contribution in [0.3, 0.4) is 0 Å². The molecule has 1 atom stereocenters. The van der Waals surface area contributed by atoms with E-state index in [1.165, 1.54) is 83.5 Å². The van der Waals surface area contributed by atoms with Gasteiger partial charge in [-0.15, -0.1) is 0 Å². The van der Waals surface area contributed by atoms with Crippen LogP contribution in [0.5, 0.6) is 0 Å². The first-order valence-corrected chi connectivity index (χ1v) is 10.2. The highest BCUT2D eigenvalue weighted by Crippen LogP contribution is 2.15. The van der Waals surface area contributed by atoms with Gasteiger partial charge < -0.3 is 4.74 Å². The molecular weight excluding hydrogens is 268 g/mol. The van der Waals surface area contributed by atoms with Gasteiger partial charge in [0.05, 0.1) is 0 Å². The van der Waals surface area contributed by atoms with Crippen molar-refractivity contribution in [2.45, 2.75) is 111 Å². The molecule has 0 aromatic heterocycles. The Morgan fingerprint density at radius 2 is 1.18 bits per heavy atom. The minimum absolute atomic E-state index is 0.835. The monoisotopic (exact) mass is 312 g/mol. The van der Waals surface area contributed by atoms with Crippen LogP contribution in [0.15, 0.2) is 0 Å². The van der Waals surface area contributed by atoms with Gasteiger partial charge in [0.15, 0.2) is 0 Å². The molecule has 1 unspecified atom stereocenters. The van der Waals surface area contributed by atoms with E-state index in [4.69, 9.17) is 4.74 Å². The van der Waals surface area contributed by atoms with E-state index in [0.29, 0.717) is 0 Å². The van der Waals surface area contributed by atoms with Crippen LogP contribution < -0.4 is 0 Å². The zero-order chi connectivity index (χ0) is 16.5. The van der Waals surface area contributed by atoms with Crippen molar-refractivity contribution in [1.29, 1.82) is 0 Å². The smallest absolute Gasteiger partial charge is 0.0468 e. The number of ether oxygens (including phenoxy) is 1. The highest BCUT2D eigenvalue weighted by atomic mass is 16.5. The van der Waals surface area contributed by atoms with Gasteiger partial charge in [0, 0.05) is 13.2 Å². The summed E-state index contributed by atoms with van der Waals surface area (Å²) in [5, 5.41) is 0. The maximum absolute atomic E-state index is 5.79. The molecule has 0 bridgehead atoms. The Balaban J connectivity index is 3.10. The Hall–Kier alpha value is -0.0400. The summed E-state index contributed by atoms with van der Waals surface area (Å²) in [7, 11) is 0. The van der Waals surface area contributed by atoms with Crippen LogP contribution in [0.4, 0.5) is 0 Å². The largest absolute Gasteiger partial charge is 0.381 e. The summed E-state index contributed by atoms with van der Waals surface area (Å²) in [6.07, 6.45) is 17.9. The van der Waals surface area contributed by atoms with Crippen LogP contribution in [0.2, 0.25) is 0 Å². The number of unbranched alkanes of at least 4 members (excludes halogenated alkanes) is 8. The van der Waals surface area contributed by atoms with E-state index < -0.39 is 0 Å². The topological polar surface area (TPSA) is 9.23 Å². The molecule has 0 N–H and O–H groups in total. The van der Waals surface area contributed by atoms with Gasteiger partial charge in [0.25, 0.3) is 0 Å². The molecule has 22 heavy (non-hydrogen) atoms. The van der Waals surface area contributed by atoms with Crippen LogP contribution in [-0.4, -0.2) is 13.2 Å². The molecular formula is C21H44O. The molecule has 0 heterocycles. The lowest BCUT2D eigenvalue weighted by atomic mass is 9.98. The molecule has 0 aliphatic rings. The van der Waals surface area contributed by atoms with Crippen molar-refractivity contribution in [2.24, 2.45) is 11.8 Å². The lowest BCUT2D eigenvalue weighted by Crippen LogP contribution is -2.04. The van der Waals surface area contributed by atoms with Gasteiger partial charge in [0.2, 0.25) is 0 Å². The van der Waals surface area contributed by atoms with Crippen LogP contribution >= 0.6 is 0 Å². The third-order valence-electron chi connectivity index (χ3n) is 4.63. The molecule has 0 aromatic rings. The van der Waals surface area contributed by atoms with Crippen molar-refractivity contribution in [3.63, 3.8) is 0 Å². The summed E-state index contributed by atoms with van der Waals surface area (Å²) in [5.74, 6) is 1.69. The van der Waals surface area contributed by atoms with E-state index in [9.17, 15) is 0 Å². The quantitative estimate of drug-likeness (QED) is 0.254. The maximum Gasteiger partial charge on any atom is 0.0468 e. The molecule has 0 radical (unpaired) electrons. The molecule has 1 heteroatoms. The minimum atomic E-state index is 0.835. The molecule has 0 aliphatic heterocycles. The first-order chi connectivity index (χ1) is 10.7. The van der Waals surface area contributed by atoms with Gasteiger partial charge in [-0.3, -0.25) is 0 Å². The predicted molar refractivity (Wildman–Crippen MR) is 101 cm³/mol. The van der Waals surface area contributed by atoms with E-state index >= 15 is 0 Å². The fraction of sp³-hybridized carbons (Fsp3) is 1.00. The van der Waals surface area contributed by atoms with Crippen molar-refractivity contribution in [3.05, 3.63) is 0 Å². The molecule has 0 rings (SSSR count). The zero-order valence-corrected chi connectivity index (χ0v) is 16.2. The second-order valence-corrected chi connectivity index (χ2v) is 7.66. The molecule has 0 fully saturated rings. The normalized spacial score (nSPS) is 13.0. The first kappa shape index (κ1) is 22.0. The molecule has 0 saturated heterocycles. The second kappa shape index (κ2) is 17.3. The third kappa shape index (κ3) is 18.0. The van der Waals surface area contributed by atoms with Gasteiger partial charge >= 0.3 is 0 Å². The Morgan fingerprint density at radius 3 is 1.77 bits per heavy atom. The summed E-state index contributed by atoms with van der Waals surface area (Å²) in [6, 6.07) is 0. The highest BCUT2D eigenvalue weighted by Gasteiger charge is 2.03. The van der Waals surface area contributed by atoms with Crippen LogP contribution in [0.1, 0.15) is 111 Å². The number of hydrogen-bond donors (Lipinski definition) is 0. The molecule has 0 aliphatic carbocycles. The van der Waals surface area contributed by atoms with E-state index in [1.54, 1.807) is 0 Å². The Kier molecular flexibility index (Phi) is 17.3. The lowest BCUT2D eigenvalue weighted by Gasteiger charge is -2.12. The van der Waals surface area contributed by atoms with Crippen LogP contribution in [0.25, 0.3) is 0 Å². The van der Waals surface area contributed by atoms with Gasteiger partial charge in [-0.05, 0) is 24.7 Å². The molecule has 0 amide bonds. The standard InChI is InChI=1S/C21H44O/c1-5-6-7-8-9-10-11-12-13-18-22-19-17-21(4)16-14-15-20(2)3/h20-21H,5-19H2,1-4H3. The summed E-state index contributed by atoms with van der Waals surface area (Å²) in [5.41, 5.74) is 0. The van der Waals surface area contributed by atoms with Gasteiger partial charge in [-0.1, -0.05) is 98.3 Å². The molecule has 1 nitrogen and oxygen atoms in total. The summed E-state index contributed by atoms with van der Waals surface area (Å²) >= 11 is 0. The van der Waals surface area contributed by atoms with Crippen molar-refractivity contribution in [2.75, 3.05) is 13.2 Å². The maximum atomic E-state index is 5.79. The minimum Gasteiger partial charge on any atom is -0.381 e. The summed E-state index contributed by atoms with van der Waals surface area (Å²) in [4.78, 5) is 0. The Morgan fingerprint density at radius 1 is 0.591 bits per heavy atom. The SMILES string of the molecule is CCCCCCCCCCCOCCC(C)CCCC(C)C. The van der Waals surface area contributed by atoms with E-state index in [1.807, 2.05) is 0 Å². The molecule has 0 saturated carbocycles. The van der Waals surface area contributed by atoms with E-state index in [-0.39, 0.29) is 0 Å². The molecule has 134 valence electrons. The summed E-state index contributed by atoms with van der Waals surface area (Å²) in [6.45, 7) is 11.3. The van der Waals surface area contributed by atoms with E-state index in [0.717, 1.165) is 25.0 Å². The second-order valence-electron chi connectivity index (χ2n) is 7.66. The van der Waals surface area contributed by atoms with E-state index in [2.05, 4.69) is 27.7 Å². The first-order valence-electron chi connectivity index (χ1n) is 10.2. The Labute approximate surface area is 141 Å². The van der Waals surface area contributed by atoms with Crippen LogP contribution in [-0.2, 0) is 4.74 Å². The van der Waals surface area contributed by atoms with Gasteiger partial charge in [-0.25, -0.2) is 0 Å².